The SMILES string of the molecule is CN=C(NCc1cc2ccccc2[nH]1)NCc1nc(C)c(C)s1. The number of H-pyrrole nitrogens is 1. The standard InChI is InChI=1S/C17H21N5S/c1-11-12(2)23-16(21-11)10-20-17(18-3)19-9-14-8-13-6-4-5-7-15(13)22-14/h4-8,22H,9-10H2,1-3H3,(H2,18,19,20). The maximum atomic E-state index is 4.53. The van der Waals surface area contributed by atoms with Gasteiger partial charge in [-0.2, -0.15) is 0 Å². The van der Waals surface area contributed by atoms with E-state index in [0.717, 1.165) is 27.9 Å². The van der Waals surface area contributed by atoms with Gasteiger partial charge in [-0.05, 0) is 31.4 Å². The molecule has 0 aliphatic rings. The molecule has 0 radical (unpaired) electrons. The molecule has 0 aliphatic heterocycles. The van der Waals surface area contributed by atoms with E-state index in [1.165, 1.54) is 10.3 Å². The summed E-state index contributed by atoms with van der Waals surface area (Å²) in [7, 11) is 1.78. The minimum atomic E-state index is 0.686. The lowest BCUT2D eigenvalue weighted by Gasteiger charge is -2.09. The average molecular weight is 327 g/mol. The number of benzene rings is 1. The first-order valence-electron chi connectivity index (χ1n) is 7.60. The van der Waals surface area contributed by atoms with Gasteiger partial charge in [-0.1, -0.05) is 18.2 Å². The molecule has 0 fully saturated rings. The van der Waals surface area contributed by atoms with Crippen LogP contribution in [-0.4, -0.2) is 23.0 Å². The summed E-state index contributed by atoms with van der Waals surface area (Å²) in [6.45, 7) is 5.52. The summed E-state index contributed by atoms with van der Waals surface area (Å²) in [6, 6.07) is 10.4. The zero-order chi connectivity index (χ0) is 16.2. The van der Waals surface area contributed by atoms with E-state index in [1.54, 1.807) is 18.4 Å². The first kappa shape index (κ1) is 15.6. The summed E-state index contributed by atoms with van der Waals surface area (Å²) in [6.07, 6.45) is 0. The fourth-order valence-electron chi connectivity index (χ4n) is 2.40. The number of aliphatic imine (C=N–C) groups is 1. The minimum Gasteiger partial charge on any atom is -0.357 e. The van der Waals surface area contributed by atoms with Crippen molar-refractivity contribution < 1.29 is 0 Å². The number of hydrogen-bond donors (Lipinski definition) is 3. The number of aromatic nitrogens is 2. The van der Waals surface area contributed by atoms with Gasteiger partial charge in [0.1, 0.15) is 5.01 Å². The van der Waals surface area contributed by atoms with Gasteiger partial charge < -0.3 is 15.6 Å². The largest absolute Gasteiger partial charge is 0.357 e. The van der Waals surface area contributed by atoms with Crippen LogP contribution in [0.4, 0.5) is 0 Å². The van der Waals surface area contributed by atoms with Crippen LogP contribution in [0.3, 0.4) is 0 Å². The van der Waals surface area contributed by atoms with Crippen LogP contribution in [0.2, 0.25) is 0 Å². The summed E-state index contributed by atoms with van der Waals surface area (Å²) in [5.74, 6) is 0.772. The second-order valence-electron chi connectivity index (χ2n) is 5.41. The number of rotatable bonds is 4. The molecule has 6 heteroatoms. The van der Waals surface area contributed by atoms with E-state index in [1.807, 2.05) is 19.1 Å². The Bertz CT molecular complexity index is 778. The molecule has 0 saturated heterocycles. The molecular formula is C17H21N5S. The van der Waals surface area contributed by atoms with Gasteiger partial charge >= 0.3 is 0 Å². The van der Waals surface area contributed by atoms with Crippen LogP contribution in [0.25, 0.3) is 10.9 Å². The van der Waals surface area contributed by atoms with Gasteiger partial charge in [0.15, 0.2) is 5.96 Å². The molecule has 0 saturated carbocycles. The van der Waals surface area contributed by atoms with Crippen molar-refractivity contribution in [3.8, 4) is 0 Å². The molecule has 0 atom stereocenters. The first-order chi connectivity index (χ1) is 11.2. The average Bonchev–Trinajstić information content (AvgIpc) is 3.10. The predicted molar refractivity (Wildman–Crippen MR) is 96.9 cm³/mol. The quantitative estimate of drug-likeness (QED) is 0.509. The number of hydrogen-bond acceptors (Lipinski definition) is 3. The minimum absolute atomic E-state index is 0.686. The summed E-state index contributed by atoms with van der Waals surface area (Å²) in [4.78, 5) is 13.5. The van der Waals surface area contributed by atoms with Crippen molar-refractivity contribution in [2.75, 3.05) is 7.05 Å². The van der Waals surface area contributed by atoms with Crippen molar-refractivity contribution >= 4 is 28.2 Å². The highest BCUT2D eigenvalue weighted by Gasteiger charge is 2.05. The number of nitrogens with zero attached hydrogens (tertiary/aromatic N) is 2. The van der Waals surface area contributed by atoms with Crippen LogP contribution in [-0.2, 0) is 13.1 Å². The molecule has 0 unspecified atom stereocenters. The van der Waals surface area contributed by atoms with Crippen molar-refractivity contribution in [2.45, 2.75) is 26.9 Å². The van der Waals surface area contributed by atoms with Crippen molar-refractivity contribution in [3.05, 3.63) is 51.6 Å². The lowest BCUT2D eigenvalue weighted by molar-refractivity contribution is 0.794. The predicted octanol–water partition coefficient (Wildman–Crippen LogP) is 3.11. The zero-order valence-corrected chi connectivity index (χ0v) is 14.4. The molecule has 0 amide bonds. The number of guanidine groups is 1. The van der Waals surface area contributed by atoms with Gasteiger partial charge in [0.25, 0.3) is 0 Å². The Balaban J connectivity index is 1.57. The lowest BCUT2D eigenvalue weighted by atomic mass is 10.2. The van der Waals surface area contributed by atoms with E-state index in [4.69, 9.17) is 0 Å². The summed E-state index contributed by atoms with van der Waals surface area (Å²) >= 11 is 1.72. The van der Waals surface area contributed by atoms with Crippen molar-refractivity contribution in [2.24, 2.45) is 4.99 Å². The smallest absolute Gasteiger partial charge is 0.191 e. The molecule has 23 heavy (non-hydrogen) atoms. The molecule has 5 nitrogen and oxygen atoms in total. The molecule has 1 aromatic carbocycles. The third kappa shape index (κ3) is 3.71. The van der Waals surface area contributed by atoms with Crippen LogP contribution in [0.5, 0.6) is 0 Å². The maximum absolute atomic E-state index is 4.53. The van der Waals surface area contributed by atoms with Gasteiger partial charge in [-0.15, -0.1) is 11.3 Å². The first-order valence-corrected chi connectivity index (χ1v) is 8.41. The third-order valence-electron chi connectivity index (χ3n) is 3.74. The van der Waals surface area contributed by atoms with E-state index in [9.17, 15) is 0 Å². The number of aryl methyl sites for hydroxylation is 2. The molecule has 2 heterocycles. The normalized spacial score (nSPS) is 11.9. The Hall–Kier alpha value is -2.34. The second kappa shape index (κ2) is 6.83. The molecule has 3 aromatic rings. The van der Waals surface area contributed by atoms with Gasteiger partial charge in [0, 0.05) is 23.1 Å². The molecule has 120 valence electrons. The van der Waals surface area contributed by atoms with Crippen LogP contribution in [0, 0.1) is 13.8 Å². The monoisotopic (exact) mass is 327 g/mol. The molecule has 3 N–H and O–H groups in total. The Morgan fingerprint density at radius 2 is 2.00 bits per heavy atom. The number of thiazole rings is 1. The Morgan fingerprint density at radius 1 is 1.22 bits per heavy atom. The third-order valence-corrected chi connectivity index (χ3v) is 4.81. The summed E-state index contributed by atoms with van der Waals surface area (Å²) < 4.78 is 0. The Labute approximate surface area is 139 Å². The second-order valence-corrected chi connectivity index (χ2v) is 6.70. The topological polar surface area (TPSA) is 65.1 Å². The van der Waals surface area contributed by atoms with E-state index >= 15 is 0 Å². The highest BCUT2D eigenvalue weighted by Crippen LogP contribution is 2.16. The van der Waals surface area contributed by atoms with Crippen molar-refractivity contribution in [3.63, 3.8) is 0 Å². The number of aromatic amines is 1. The molecule has 0 aliphatic carbocycles. The molecular weight excluding hydrogens is 306 g/mol. The highest BCUT2D eigenvalue weighted by molar-refractivity contribution is 7.11. The van der Waals surface area contributed by atoms with Crippen LogP contribution >= 0.6 is 11.3 Å². The van der Waals surface area contributed by atoms with Gasteiger partial charge in [-0.3, -0.25) is 4.99 Å². The van der Waals surface area contributed by atoms with Gasteiger partial charge in [0.05, 0.1) is 18.8 Å². The van der Waals surface area contributed by atoms with Crippen LogP contribution in [0.15, 0.2) is 35.3 Å². The van der Waals surface area contributed by atoms with E-state index in [-0.39, 0.29) is 0 Å². The van der Waals surface area contributed by atoms with Gasteiger partial charge in [-0.25, -0.2) is 4.98 Å². The number of fused-ring (bicyclic) bond motifs is 1. The van der Waals surface area contributed by atoms with Crippen LogP contribution < -0.4 is 10.6 Å². The van der Waals surface area contributed by atoms with Crippen molar-refractivity contribution in [1.82, 2.24) is 20.6 Å². The fourth-order valence-corrected chi connectivity index (χ4v) is 3.28. The number of para-hydroxylation sites is 1. The molecule has 3 rings (SSSR count). The van der Waals surface area contributed by atoms with Crippen LogP contribution in [0.1, 0.15) is 21.3 Å². The van der Waals surface area contributed by atoms with Gasteiger partial charge in [0.2, 0.25) is 0 Å². The summed E-state index contributed by atoms with van der Waals surface area (Å²) in [5.41, 5.74) is 3.39. The highest BCUT2D eigenvalue weighted by atomic mass is 32.1. The Kier molecular flexibility index (Phi) is 4.62. The lowest BCUT2D eigenvalue weighted by Crippen LogP contribution is -2.36. The van der Waals surface area contributed by atoms with E-state index in [0.29, 0.717) is 13.1 Å². The van der Waals surface area contributed by atoms with E-state index in [2.05, 4.69) is 50.7 Å². The molecule has 0 bridgehead atoms. The molecule has 0 spiro atoms. The number of nitrogens with one attached hydrogen (secondary N) is 3. The Morgan fingerprint density at radius 3 is 2.70 bits per heavy atom. The van der Waals surface area contributed by atoms with Crippen molar-refractivity contribution in [1.29, 1.82) is 0 Å². The molecule has 2 aromatic heterocycles. The zero-order valence-electron chi connectivity index (χ0n) is 13.6. The van der Waals surface area contributed by atoms with E-state index < -0.39 is 0 Å². The maximum Gasteiger partial charge on any atom is 0.191 e. The fraction of sp³-hybridized carbons (Fsp3) is 0.294. The summed E-state index contributed by atoms with van der Waals surface area (Å²) in [5, 5.41) is 8.93.